The number of urea groups is 1. The number of hydrogen-bond acceptors (Lipinski definition) is 3. The van der Waals surface area contributed by atoms with E-state index in [0.717, 1.165) is 0 Å². The topological polar surface area (TPSA) is 91.3 Å². The summed E-state index contributed by atoms with van der Waals surface area (Å²) < 4.78 is 23.5. The Hall–Kier alpha value is -2.25. The van der Waals surface area contributed by atoms with Crippen molar-refractivity contribution in [3.05, 3.63) is 29.6 Å². The summed E-state index contributed by atoms with van der Waals surface area (Å²) >= 11 is 0. The molecule has 1 rings (SSSR count). The van der Waals surface area contributed by atoms with Gasteiger partial charge in [0.25, 0.3) is 6.43 Å². The van der Waals surface area contributed by atoms with Crippen LogP contribution in [0.15, 0.2) is 18.3 Å². The number of aromatic carboxylic acids is 1. The van der Waals surface area contributed by atoms with Gasteiger partial charge in [-0.25, -0.2) is 23.4 Å². The minimum atomic E-state index is -2.60. The van der Waals surface area contributed by atoms with Crippen molar-refractivity contribution in [2.24, 2.45) is 0 Å². The largest absolute Gasteiger partial charge is 0.477 e. The third-order valence-electron chi connectivity index (χ3n) is 1.91. The molecule has 0 bridgehead atoms. The van der Waals surface area contributed by atoms with Gasteiger partial charge in [0.05, 0.1) is 6.54 Å². The molecule has 0 spiro atoms. The van der Waals surface area contributed by atoms with Crippen LogP contribution in [-0.4, -0.2) is 35.1 Å². The summed E-state index contributed by atoms with van der Waals surface area (Å²) in [5.41, 5.74) is 0.452. The lowest BCUT2D eigenvalue weighted by Gasteiger charge is -2.07. The smallest absolute Gasteiger partial charge is 0.354 e. The van der Waals surface area contributed by atoms with E-state index < -0.39 is 25.0 Å². The third kappa shape index (κ3) is 4.73. The molecule has 0 fully saturated rings. The second kappa shape index (κ2) is 6.48. The average Bonchev–Trinajstić information content (AvgIpc) is 2.34. The van der Waals surface area contributed by atoms with Crippen molar-refractivity contribution in [1.29, 1.82) is 0 Å². The summed E-state index contributed by atoms with van der Waals surface area (Å²) in [5, 5.41) is 12.9. The van der Waals surface area contributed by atoms with E-state index in [2.05, 4.69) is 10.3 Å². The van der Waals surface area contributed by atoms with E-state index in [0.29, 0.717) is 5.56 Å². The number of aromatic nitrogens is 1. The van der Waals surface area contributed by atoms with Crippen molar-refractivity contribution >= 4 is 12.0 Å². The molecule has 18 heavy (non-hydrogen) atoms. The molecule has 8 heteroatoms. The minimum Gasteiger partial charge on any atom is -0.477 e. The van der Waals surface area contributed by atoms with Crippen LogP contribution in [0.4, 0.5) is 13.6 Å². The van der Waals surface area contributed by atoms with Gasteiger partial charge in [0.15, 0.2) is 0 Å². The predicted octanol–water partition coefficient (Wildman–Crippen LogP) is 0.844. The van der Waals surface area contributed by atoms with E-state index in [1.807, 2.05) is 5.32 Å². The number of alkyl halides is 2. The Morgan fingerprint density at radius 2 is 2.06 bits per heavy atom. The fraction of sp³-hybridized carbons (Fsp3) is 0.300. The van der Waals surface area contributed by atoms with E-state index in [1.54, 1.807) is 0 Å². The van der Waals surface area contributed by atoms with Crippen LogP contribution >= 0.6 is 0 Å². The van der Waals surface area contributed by atoms with Gasteiger partial charge in [0.1, 0.15) is 5.69 Å². The molecular formula is C10H11F2N3O3. The number of pyridine rings is 1. The van der Waals surface area contributed by atoms with Crippen molar-refractivity contribution in [1.82, 2.24) is 15.6 Å². The van der Waals surface area contributed by atoms with Gasteiger partial charge in [-0.1, -0.05) is 6.07 Å². The maximum Gasteiger partial charge on any atom is 0.354 e. The number of carboxylic acids is 1. The minimum absolute atomic E-state index is 0.0714. The van der Waals surface area contributed by atoms with Crippen molar-refractivity contribution < 1.29 is 23.5 Å². The molecule has 1 heterocycles. The Balaban J connectivity index is 2.39. The number of nitrogens with one attached hydrogen (secondary N) is 2. The molecule has 0 unspecified atom stereocenters. The van der Waals surface area contributed by atoms with E-state index in [9.17, 15) is 18.4 Å². The molecule has 0 aliphatic carbocycles. The van der Waals surface area contributed by atoms with Crippen LogP contribution in [-0.2, 0) is 6.54 Å². The lowest BCUT2D eigenvalue weighted by atomic mass is 10.2. The maximum absolute atomic E-state index is 11.8. The van der Waals surface area contributed by atoms with E-state index in [1.165, 1.54) is 18.3 Å². The third-order valence-corrected chi connectivity index (χ3v) is 1.91. The first kappa shape index (κ1) is 13.8. The van der Waals surface area contributed by atoms with Crippen molar-refractivity contribution in [3.63, 3.8) is 0 Å². The predicted molar refractivity (Wildman–Crippen MR) is 57.4 cm³/mol. The number of carbonyl (C=O) groups is 2. The van der Waals surface area contributed by atoms with Crippen LogP contribution in [0.2, 0.25) is 0 Å². The molecule has 6 nitrogen and oxygen atoms in total. The van der Waals surface area contributed by atoms with Crippen LogP contribution in [0.3, 0.4) is 0 Å². The van der Waals surface area contributed by atoms with Gasteiger partial charge in [-0.2, -0.15) is 0 Å². The molecule has 3 N–H and O–H groups in total. The zero-order valence-corrected chi connectivity index (χ0v) is 9.19. The fourth-order valence-corrected chi connectivity index (χ4v) is 1.07. The molecule has 0 aromatic carbocycles. The molecule has 0 aliphatic rings. The zero-order valence-electron chi connectivity index (χ0n) is 9.19. The number of carboxylic acid groups (broad SMARTS) is 1. The highest BCUT2D eigenvalue weighted by atomic mass is 19.3. The van der Waals surface area contributed by atoms with Crippen LogP contribution in [0.25, 0.3) is 0 Å². The molecule has 1 aromatic rings. The number of rotatable bonds is 5. The molecule has 0 atom stereocenters. The fourth-order valence-electron chi connectivity index (χ4n) is 1.07. The van der Waals surface area contributed by atoms with Gasteiger partial charge in [-0.05, 0) is 11.6 Å². The number of nitrogens with zero attached hydrogens (tertiary/aromatic N) is 1. The second-order valence-corrected chi connectivity index (χ2v) is 3.31. The highest BCUT2D eigenvalue weighted by Crippen LogP contribution is 2.00. The number of carbonyl (C=O) groups excluding carboxylic acids is 1. The Morgan fingerprint density at radius 1 is 1.33 bits per heavy atom. The van der Waals surface area contributed by atoms with Gasteiger partial charge in [-0.15, -0.1) is 0 Å². The first-order valence-electron chi connectivity index (χ1n) is 4.97. The lowest BCUT2D eigenvalue weighted by Crippen LogP contribution is -2.37. The maximum atomic E-state index is 11.8. The van der Waals surface area contributed by atoms with Crippen molar-refractivity contribution in [3.8, 4) is 0 Å². The summed E-state index contributed by atoms with van der Waals surface area (Å²) in [4.78, 5) is 25.2. The van der Waals surface area contributed by atoms with Crippen LogP contribution < -0.4 is 10.6 Å². The van der Waals surface area contributed by atoms with Crippen LogP contribution in [0.5, 0.6) is 0 Å². The lowest BCUT2D eigenvalue weighted by molar-refractivity contribution is 0.0690. The quantitative estimate of drug-likeness (QED) is 0.730. The molecule has 0 saturated carbocycles. The van der Waals surface area contributed by atoms with Gasteiger partial charge >= 0.3 is 12.0 Å². The number of hydrogen-bond donors (Lipinski definition) is 3. The zero-order chi connectivity index (χ0) is 13.5. The average molecular weight is 259 g/mol. The second-order valence-electron chi connectivity index (χ2n) is 3.31. The summed E-state index contributed by atoms with van der Waals surface area (Å²) in [6.07, 6.45) is -1.32. The standard InChI is InChI=1S/C10H11F2N3O3/c11-8(12)5-15-10(18)14-4-6-1-2-7(9(16)17)13-3-6/h1-3,8H,4-5H2,(H,16,17)(H2,14,15,18). The first-order chi connectivity index (χ1) is 8.49. The van der Waals surface area contributed by atoms with E-state index >= 15 is 0 Å². The number of amides is 2. The molecular weight excluding hydrogens is 248 g/mol. The molecule has 2 amide bonds. The Morgan fingerprint density at radius 3 is 2.56 bits per heavy atom. The summed E-state index contributed by atoms with van der Waals surface area (Å²) in [7, 11) is 0. The summed E-state index contributed by atoms with van der Waals surface area (Å²) in [6.45, 7) is -0.649. The molecule has 98 valence electrons. The first-order valence-corrected chi connectivity index (χ1v) is 4.97. The van der Waals surface area contributed by atoms with Gasteiger partial charge in [0.2, 0.25) is 0 Å². The molecule has 0 aliphatic heterocycles. The Labute approximate surface area is 101 Å². The van der Waals surface area contributed by atoms with Gasteiger partial charge in [0, 0.05) is 12.7 Å². The van der Waals surface area contributed by atoms with E-state index in [-0.39, 0.29) is 12.2 Å². The Kier molecular flexibility index (Phi) is 4.97. The van der Waals surface area contributed by atoms with Crippen molar-refractivity contribution in [2.45, 2.75) is 13.0 Å². The number of halogens is 2. The monoisotopic (exact) mass is 259 g/mol. The summed E-state index contributed by atoms with van der Waals surface area (Å²) in [5.74, 6) is -1.15. The van der Waals surface area contributed by atoms with Gasteiger partial charge < -0.3 is 15.7 Å². The molecule has 0 saturated heterocycles. The SMILES string of the molecule is O=C(NCc1ccc(C(=O)O)nc1)NCC(F)F. The van der Waals surface area contributed by atoms with Crippen LogP contribution in [0.1, 0.15) is 16.1 Å². The van der Waals surface area contributed by atoms with Crippen molar-refractivity contribution in [2.75, 3.05) is 6.54 Å². The van der Waals surface area contributed by atoms with Crippen LogP contribution in [0, 0.1) is 0 Å². The molecule has 1 aromatic heterocycles. The molecule has 0 radical (unpaired) electrons. The highest BCUT2D eigenvalue weighted by molar-refractivity contribution is 5.85. The van der Waals surface area contributed by atoms with E-state index in [4.69, 9.17) is 5.11 Å². The van der Waals surface area contributed by atoms with Gasteiger partial charge in [-0.3, -0.25) is 0 Å². The normalized spacial score (nSPS) is 10.2. The highest BCUT2D eigenvalue weighted by Gasteiger charge is 2.06. The summed E-state index contributed by atoms with van der Waals surface area (Å²) in [6, 6.07) is 2.04. The Bertz CT molecular complexity index is 423.